The number of nitrogens with zero attached hydrogens (tertiary/aromatic N) is 3. The zero-order chi connectivity index (χ0) is 23.5. The van der Waals surface area contributed by atoms with Gasteiger partial charge >= 0.3 is 5.97 Å². The van der Waals surface area contributed by atoms with Crippen LogP contribution in [0.2, 0.25) is 5.02 Å². The molecule has 170 valence electrons. The van der Waals surface area contributed by atoms with E-state index in [4.69, 9.17) is 16.1 Å². The molecule has 32 heavy (non-hydrogen) atoms. The minimum absolute atomic E-state index is 0.0616. The van der Waals surface area contributed by atoms with Gasteiger partial charge in [-0.2, -0.15) is 4.99 Å². The van der Waals surface area contributed by atoms with E-state index in [2.05, 4.69) is 20.2 Å². The van der Waals surface area contributed by atoms with Crippen molar-refractivity contribution >= 4 is 66.6 Å². The van der Waals surface area contributed by atoms with Gasteiger partial charge in [-0.15, -0.1) is 0 Å². The molecule has 2 amide bonds. The Morgan fingerprint density at radius 3 is 2.69 bits per heavy atom. The number of sulfone groups is 1. The first kappa shape index (κ1) is 23.6. The number of aryl methyl sites for hydroxylation is 1. The maximum atomic E-state index is 12.4. The first-order chi connectivity index (χ1) is 15.1. The van der Waals surface area contributed by atoms with E-state index in [0.717, 1.165) is 11.3 Å². The van der Waals surface area contributed by atoms with Crippen molar-refractivity contribution in [3.8, 4) is 0 Å². The molecule has 0 bridgehead atoms. The number of hydrogen-bond donors (Lipinski definition) is 1. The Bertz CT molecular complexity index is 1370. The predicted octanol–water partition coefficient (Wildman–Crippen LogP) is 1.31. The van der Waals surface area contributed by atoms with Gasteiger partial charge in [-0.3, -0.25) is 14.4 Å². The van der Waals surface area contributed by atoms with Crippen molar-refractivity contribution in [2.75, 3.05) is 23.9 Å². The fourth-order valence-corrected chi connectivity index (χ4v) is 5.00. The number of thiazole rings is 1. The van der Waals surface area contributed by atoms with Crippen LogP contribution in [0.5, 0.6) is 0 Å². The molecule has 0 fully saturated rings. The molecule has 1 N–H and O–H groups in total. The molecule has 0 aliphatic rings. The summed E-state index contributed by atoms with van der Waals surface area (Å²) < 4.78 is 36.1. The summed E-state index contributed by atoms with van der Waals surface area (Å²) in [5.74, 6) is -3.89. The van der Waals surface area contributed by atoms with Crippen LogP contribution < -0.4 is 10.1 Å². The van der Waals surface area contributed by atoms with Crippen molar-refractivity contribution in [1.29, 1.82) is 0 Å². The van der Waals surface area contributed by atoms with Crippen molar-refractivity contribution in [3.05, 3.63) is 39.8 Å². The second-order valence-corrected chi connectivity index (χ2v) is 10.1. The third-order valence-electron chi connectivity index (χ3n) is 3.97. The van der Waals surface area contributed by atoms with E-state index in [-0.39, 0.29) is 17.2 Å². The molecule has 2 heterocycles. The lowest BCUT2D eigenvalue weighted by Crippen LogP contribution is -2.28. The molecule has 2 aromatic heterocycles. The van der Waals surface area contributed by atoms with Gasteiger partial charge in [0.05, 0.1) is 17.3 Å². The van der Waals surface area contributed by atoms with Gasteiger partial charge in [-0.05, 0) is 25.1 Å². The Balaban J connectivity index is 1.81. The lowest BCUT2D eigenvalue weighted by atomic mass is 10.3. The number of amides is 2. The fraction of sp³-hybridized carbons (Fsp3) is 0.278. The molecule has 0 aliphatic heterocycles. The average Bonchev–Trinajstić information content (AvgIpc) is 3.23. The maximum absolute atomic E-state index is 12.4. The SMILES string of the molecule is COC(=O)Cn1c(=NC(=O)CS(=O)(=O)CC(=O)Nc2cc(C)on2)sc2cc(Cl)ccc21. The van der Waals surface area contributed by atoms with Gasteiger partial charge in [0.25, 0.3) is 5.91 Å². The van der Waals surface area contributed by atoms with Crippen molar-refractivity contribution < 1.29 is 32.1 Å². The molecule has 0 aliphatic carbocycles. The summed E-state index contributed by atoms with van der Waals surface area (Å²) in [7, 11) is -2.91. The minimum Gasteiger partial charge on any atom is -0.468 e. The molecule has 1 aromatic carbocycles. The summed E-state index contributed by atoms with van der Waals surface area (Å²) in [6.45, 7) is 1.37. The average molecular weight is 501 g/mol. The Morgan fingerprint density at radius 2 is 2.03 bits per heavy atom. The van der Waals surface area contributed by atoms with Crippen molar-refractivity contribution in [2.45, 2.75) is 13.5 Å². The molecule has 0 saturated heterocycles. The lowest BCUT2D eigenvalue weighted by Gasteiger charge is -2.04. The van der Waals surface area contributed by atoms with Gasteiger partial charge in [-0.1, -0.05) is 28.1 Å². The van der Waals surface area contributed by atoms with Gasteiger partial charge < -0.3 is 19.1 Å². The molecular weight excluding hydrogens is 484 g/mol. The molecule has 0 atom stereocenters. The Kier molecular flexibility index (Phi) is 7.11. The van der Waals surface area contributed by atoms with Crippen molar-refractivity contribution in [1.82, 2.24) is 9.72 Å². The highest BCUT2D eigenvalue weighted by Crippen LogP contribution is 2.22. The highest BCUT2D eigenvalue weighted by molar-refractivity contribution is 7.92. The number of hydrogen-bond acceptors (Lipinski definition) is 9. The summed E-state index contributed by atoms with van der Waals surface area (Å²) in [6.07, 6.45) is 0. The summed E-state index contributed by atoms with van der Waals surface area (Å²) in [6, 6.07) is 6.30. The monoisotopic (exact) mass is 500 g/mol. The first-order valence-electron chi connectivity index (χ1n) is 8.93. The van der Waals surface area contributed by atoms with E-state index < -0.39 is 39.1 Å². The number of carbonyl (C=O) groups is 3. The van der Waals surface area contributed by atoms with Crippen LogP contribution in [-0.2, 0) is 35.5 Å². The highest BCUT2D eigenvalue weighted by atomic mass is 35.5. The molecule has 0 radical (unpaired) electrons. The second kappa shape index (κ2) is 9.63. The van der Waals surface area contributed by atoms with Crippen molar-refractivity contribution in [2.24, 2.45) is 4.99 Å². The largest absolute Gasteiger partial charge is 0.468 e. The number of carbonyl (C=O) groups excluding carboxylic acids is 3. The highest BCUT2D eigenvalue weighted by Gasteiger charge is 2.22. The van der Waals surface area contributed by atoms with Gasteiger partial charge in [0.2, 0.25) is 5.91 Å². The van der Waals surface area contributed by atoms with Gasteiger partial charge in [0.1, 0.15) is 23.8 Å². The number of aromatic nitrogens is 2. The van der Waals surface area contributed by atoms with E-state index in [1.165, 1.54) is 17.7 Å². The van der Waals surface area contributed by atoms with Gasteiger partial charge in [0, 0.05) is 11.1 Å². The molecule has 0 saturated carbocycles. The number of fused-ring (bicyclic) bond motifs is 1. The number of methoxy groups -OCH3 is 1. The number of nitrogens with one attached hydrogen (secondary N) is 1. The molecule has 3 rings (SSSR count). The third-order valence-corrected chi connectivity index (χ3v) is 6.63. The van der Waals surface area contributed by atoms with E-state index in [1.807, 2.05) is 0 Å². The van der Waals surface area contributed by atoms with Gasteiger partial charge in [0.15, 0.2) is 20.5 Å². The lowest BCUT2D eigenvalue weighted by molar-refractivity contribution is -0.141. The number of anilines is 1. The third kappa shape index (κ3) is 6.02. The predicted molar refractivity (Wildman–Crippen MR) is 116 cm³/mol. The van der Waals surface area contributed by atoms with Crippen LogP contribution in [0.25, 0.3) is 10.2 Å². The second-order valence-electron chi connectivity index (χ2n) is 6.57. The Morgan fingerprint density at radius 1 is 1.28 bits per heavy atom. The van der Waals surface area contributed by atoms with E-state index in [0.29, 0.717) is 21.0 Å². The summed E-state index contributed by atoms with van der Waals surface area (Å²) in [5.41, 5.74) is 0.571. The maximum Gasteiger partial charge on any atom is 0.325 e. The number of ether oxygens (including phenoxy) is 1. The van der Waals surface area contributed by atoms with Crippen LogP contribution in [0.15, 0.2) is 33.8 Å². The smallest absolute Gasteiger partial charge is 0.325 e. The zero-order valence-corrected chi connectivity index (χ0v) is 19.2. The summed E-state index contributed by atoms with van der Waals surface area (Å²) >= 11 is 7.05. The molecule has 14 heteroatoms. The molecule has 3 aromatic rings. The first-order valence-corrected chi connectivity index (χ1v) is 11.9. The molecule has 11 nitrogen and oxygen atoms in total. The normalized spacial score (nSPS) is 12.2. The van der Waals surface area contributed by atoms with Crippen LogP contribution in [0.3, 0.4) is 0 Å². The van der Waals surface area contributed by atoms with Crippen LogP contribution in [0, 0.1) is 6.92 Å². The van der Waals surface area contributed by atoms with Crippen LogP contribution >= 0.6 is 22.9 Å². The molecule has 0 spiro atoms. The standard InChI is InChI=1S/C18H17ClN4O7S2/c1-10-5-14(22-30-10)20-15(24)8-32(27,28)9-16(25)21-18-23(7-17(26)29-2)12-4-3-11(19)6-13(12)31-18/h3-6H,7-9H2,1-2H3,(H,20,22,24). The number of halogens is 1. The summed E-state index contributed by atoms with van der Waals surface area (Å²) in [4.78, 5) is 40.0. The topological polar surface area (TPSA) is 150 Å². The molecule has 0 unspecified atom stereocenters. The number of benzene rings is 1. The van der Waals surface area contributed by atoms with E-state index in [1.54, 1.807) is 25.1 Å². The van der Waals surface area contributed by atoms with E-state index >= 15 is 0 Å². The number of esters is 1. The van der Waals surface area contributed by atoms with Crippen LogP contribution in [0.1, 0.15) is 5.76 Å². The Labute approximate surface area is 190 Å². The quantitative estimate of drug-likeness (QED) is 0.477. The Hall–Kier alpha value is -3.03. The molecular formula is C18H17ClN4O7S2. The van der Waals surface area contributed by atoms with Crippen LogP contribution in [-0.4, -0.2) is 54.5 Å². The van der Waals surface area contributed by atoms with E-state index in [9.17, 15) is 22.8 Å². The zero-order valence-electron chi connectivity index (χ0n) is 16.8. The van der Waals surface area contributed by atoms with Gasteiger partial charge in [-0.25, -0.2) is 8.42 Å². The fourth-order valence-electron chi connectivity index (χ4n) is 2.66. The summed E-state index contributed by atoms with van der Waals surface area (Å²) in [5, 5.41) is 6.25. The van der Waals surface area contributed by atoms with Crippen LogP contribution in [0.4, 0.5) is 5.82 Å². The minimum atomic E-state index is -4.12. The number of rotatable bonds is 7. The van der Waals surface area contributed by atoms with Crippen molar-refractivity contribution in [3.63, 3.8) is 0 Å².